The average Bonchev–Trinajstić information content (AvgIpc) is 3.73. The van der Waals surface area contributed by atoms with E-state index in [9.17, 15) is 0 Å². The van der Waals surface area contributed by atoms with Crippen molar-refractivity contribution in [2.75, 3.05) is 4.90 Å². The lowest BCUT2D eigenvalue weighted by Crippen LogP contribution is -2.15. The molecule has 0 bridgehead atoms. The Kier molecular flexibility index (Phi) is 7.55. The molecule has 10 aromatic rings. The SMILES string of the molecule is CC1(C)c2ccccc2-c2c(-c3ccccc3N(c3ccc(-n4c5ccccc5c5ccccc54)cc3)c3ccccc3-c3cccc4ccccc34)cccc21. The molecule has 0 amide bonds. The van der Waals surface area contributed by atoms with E-state index < -0.39 is 0 Å². The molecule has 0 N–H and O–H groups in total. The predicted octanol–water partition coefficient (Wildman–Crippen LogP) is 15.0. The van der Waals surface area contributed by atoms with Gasteiger partial charge in [0.15, 0.2) is 0 Å². The van der Waals surface area contributed by atoms with Crippen LogP contribution in [0.4, 0.5) is 17.1 Å². The van der Waals surface area contributed by atoms with Gasteiger partial charge in [0.05, 0.1) is 22.4 Å². The minimum Gasteiger partial charge on any atom is -0.309 e. The molecule has 1 aliphatic rings. The lowest BCUT2D eigenvalue weighted by molar-refractivity contribution is 0.660. The van der Waals surface area contributed by atoms with Gasteiger partial charge < -0.3 is 9.47 Å². The fraction of sp³-hybridized carbons (Fsp3) is 0.0545. The van der Waals surface area contributed by atoms with Crippen molar-refractivity contribution in [1.29, 1.82) is 0 Å². The number of aromatic nitrogens is 1. The van der Waals surface area contributed by atoms with Gasteiger partial charge >= 0.3 is 0 Å². The first-order valence-electron chi connectivity index (χ1n) is 19.9. The number of para-hydroxylation sites is 4. The van der Waals surface area contributed by atoms with E-state index in [1.807, 2.05) is 0 Å². The van der Waals surface area contributed by atoms with Crippen LogP contribution in [-0.4, -0.2) is 4.57 Å². The van der Waals surface area contributed by atoms with E-state index in [0.29, 0.717) is 0 Å². The number of benzene rings is 9. The Morgan fingerprint density at radius 3 is 1.54 bits per heavy atom. The molecule has 57 heavy (non-hydrogen) atoms. The van der Waals surface area contributed by atoms with E-state index in [4.69, 9.17) is 0 Å². The Bertz CT molecular complexity index is 3100. The summed E-state index contributed by atoms with van der Waals surface area (Å²) in [5.74, 6) is 0. The van der Waals surface area contributed by atoms with Crippen LogP contribution in [0.3, 0.4) is 0 Å². The maximum absolute atomic E-state index is 2.48. The quantitative estimate of drug-likeness (QED) is 0.165. The van der Waals surface area contributed by atoms with E-state index in [1.165, 1.54) is 77.1 Å². The normalized spacial score (nSPS) is 12.9. The molecule has 1 aliphatic carbocycles. The Morgan fingerprint density at radius 2 is 0.842 bits per heavy atom. The fourth-order valence-electron chi connectivity index (χ4n) is 9.59. The van der Waals surface area contributed by atoms with Gasteiger partial charge in [-0.05, 0) is 92.7 Å². The highest BCUT2D eigenvalue weighted by Crippen LogP contribution is 2.54. The second-order valence-corrected chi connectivity index (χ2v) is 15.7. The lowest BCUT2D eigenvalue weighted by Gasteiger charge is -2.31. The molecule has 11 rings (SSSR count). The minimum atomic E-state index is -0.0971. The largest absolute Gasteiger partial charge is 0.309 e. The number of hydrogen-bond acceptors (Lipinski definition) is 1. The Labute approximate surface area is 333 Å². The van der Waals surface area contributed by atoms with Gasteiger partial charge in [0, 0.05) is 38.7 Å². The zero-order valence-electron chi connectivity index (χ0n) is 32.0. The minimum absolute atomic E-state index is 0.0971. The smallest absolute Gasteiger partial charge is 0.0541 e. The summed E-state index contributed by atoms with van der Waals surface area (Å²) in [6.07, 6.45) is 0. The second-order valence-electron chi connectivity index (χ2n) is 15.7. The van der Waals surface area contributed by atoms with Crippen molar-refractivity contribution in [2.24, 2.45) is 0 Å². The lowest BCUT2D eigenvalue weighted by atomic mass is 9.82. The molecule has 0 spiro atoms. The van der Waals surface area contributed by atoms with E-state index in [2.05, 4.69) is 230 Å². The zero-order valence-corrected chi connectivity index (χ0v) is 32.0. The van der Waals surface area contributed by atoms with Gasteiger partial charge in [0.1, 0.15) is 0 Å². The van der Waals surface area contributed by atoms with Crippen molar-refractivity contribution in [3.05, 3.63) is 217 Å². The zero-order chi connectivity index (χ0) is 38.1. The summed E-state index contributed by atoms with van der Waals surface area (Å²) in [6, 6.07) is 75.6. The van der Waals surface area contributed by atoms with Crippen molar-refractivity contribution >= 4 is 49.6 Å². The van der Waals surface area contributed by atoms with Gasteiger partial charge in [0.2, 0.25) is 0 Å². The first kappa shape index (κ1) is 33.2. The fourth-order valence-corrected chi connectivity index (χ4v) is 9.59. The van der Waals surface area contributed by atoms with Crippen molar-refractivity contribution in [1.82, 2.24) is 4.57 Å². The van der Waals surface area contributed by atoms with Crippen LogP contribution >= 0.6 is 0 Å². The van der Waals surface area contributed by atoms with Crippen LogP contribution in [-0.2, 0) is 5.41 Å². The number of rotatable bonds is 6. The van der Waals surface area contributed by atoms with Gasteiger partial charge in [-0.3, -0.25) is 0 Å². The van der Waals surface area contributed by atoms with Crippen molar-refractivity contribution in [3.8, 4) is 39.1 Å². The molecule has 0 radical (unpaired) electrons. The van der Waals surface area contributed by atoms with Crippen molar-refractivity contribution in [2.45, 2.75) is 19.3 Å². The number of hydrogen-bond donors (Lipinski definition) is 0. The molecular weight excluding hydrogens is 689 g/mol. The van der Waals surface area contributed by atoms with Crippen LogP contribution < -0.4 is 4.90 Å². The molecule has 270 valence electrons. The van der Waals surface area contributed by atoms with E-state index in [0.717, 1.165) is 22.7 Å². The third kappa shape index (κ3) is 5.11. The number of anilines is 3. The highest BCUT2D eigenvalue weighted by Gasteiger charge is 2.37. The highest BCUT2D eigenvalue weighted by molar-refractivity contribution is 6.09. The van der Waals surface area contributed by atoms with E-state index >= 15 is 0 Å². The molecule has 0 unspecified atom stereocenters. The molecular formula is C55H40N2. The highest BCUT2D eigenvalue weighted by atomic mass is 15.1. The van der Waals surface area contributed by atoms with Crippen LogP contribution in [0.2, 0.25) is 0 Å². The maximum Gasteiger partial charge on any atom is 0.0541 e. The molecule has 9 aromatic carbocycles. The van der Waals surface area contributed by atoms with Gasteiger partial charge in [-0.1, -0.05) is 172 Å². The summed E-state index contributed by atoms with van der Waals surface area (Å²) >= 11 is 0. The van der Waals surface area contributed by atoms with E-state index in [1.54, 1.807) is 0 Å². The van der Waals surface area contributed by atoms with E-state index in [-0.39, 0.29) is 5.41 Å². The standard InChI is InChI=1S/C55H40N2/c1-55(2)48-27-10-5-24-47(48)54-46(26-16-28-49(54)55)45-23-9-14-32-53(45)56(50-29-11-6-20-42(50)41-25-15-18-37-17-3-4-19-40(37)41)38-33-35-39(36-34-38)57-51-30-12-7-21-43(51)44-22-8-13-31-52(44)57/h3-36H,1-2H3. The Balaban J connectivity index is 1.16. The number of fused-ring (bicyclic) bond motifs is 7. The number of nitrogens with zero attached hydrogens (tertiary/aromatic N) is 2. The topological polar surface area (TPSA) is 8.17 Å². The van der Waals surface area contributed by atoms with Crippen LogP contribution in [0.15, 0.2) is 206 Å². The summed E-state index contributed by atoms with van der Waals surface area (Å²) < 4.78 is 2.39. The molecule has 0 atom stereocenters. The molecule has 0 saturated heterocycles. The Morgan fingerprint density at radius 1 is 0.368 bits per heavy atom. The third-order valence-corrected chi connectivity index (χ3v) is 12.2. The molecule has 0 saturated carbocycles. The van der Waals surface area contributed by atoms with Crippen molar-refractivity contribution in [3.63, 3.8) is 0 Å². The summed E-state index contributed by atoms with van der Waals surface area (Å²) in [4.78, 5) is 2.48. The van der Waals surface area contributed by atoms with Gasteiger partial charge in [-0.2, -0.15) is 0 Å². The summed E-state index contributed by atoms with van der Waals surface area (Å²) in [7, 11) is 0. The summed E-state index contributed by atoms with van der Waals surface area (Å²) in [6.45, 7) is 4.72. The molecule has 2 heteroatoms. The molecule has 1 aromatic heterocycles. The average molecular weight is 729 g/mol. The second kappa shape index (κ2) is 13.0. The maximum atomic E-state index is 2.48. The van der Waals surface area contributed by atoms with Crippen LogP contribution in [0.25, 0.3) is 71.6 Å². The third-order valence-electron chi connectivity index (χ3n) is 12.2. The first-order chi connectivity index (χ1) is 28.1. The van der Waals surface area contributed by atoms with Gasteiger partial charge in [0.25, 0.3) is 0 Å². The summed E-state index contributed by atoms with van der Waals surface area (Å²) in [5.41, 5.74) is 17.0. The first-order valence-corrected chi connectivity index (χ1v) is 19.9. The van der Waals surface area contributed by atoms with Gasteiger partial charge in [-0.15, -0.1) is 0 Å². The molecule has 2 nitrogen and oxygen atoms in total. The molecule has 0 fully saturated rings. The van der Waals surface area contributed by atoms with Crippen LogP contribution in [0.1, 0.15) is 25.0 Å². The van der Waals surface area contributed by atoms with Crippen LogP contribution in [0.5, 0.6) is 0 Å². The monoisotopic (exact) mass is 728 g/mol. The summed E-state index contributed by atoms with van der Waals surface area (Å²) in [5, 5.41) is 4.99. The Hall–Kier alpha value is -7.16. The van der Waals surface area contributed by atoms with Crippen molar-refractivity contribution < 1.29 is 0 Å². The molecule has 1 heterocycles. The van der Waals surface area contributed by atoms with Gasteiger partial charge in [-0.25, -0.2) is 0 Å². The molecule has 0 aliphatic heterocycles. The predicted molar refractivity (Wildman–Crippen MR) is 241 cm³/mol. The van der Waals surface area contributed by atoms with Crippen LogP contribution in [0, 0.1) is 0 Å².